The summed E-state index contributed by atoms with van der Waals surface area (Å²) in [7, 11) is 0. The Balaban J connectivity index is 1.95. The Morgan fingerprint density at radius 2 is 1.71 bits per heavy atom. The number of hydrogen-bond acceptors (Lipinski definition) is 2. The summed E-state index contributed by atoms with van der Waals surface area (Å²) in [5, 5.41) is 6.21. The van der Waals surface area contributed by atoms with Gasteiger partial charge in [-0.2, -0.15) is 0 Å². The van der Waals surface area contributed by atoms with E-state index in [0.717, 1.165) is 11.1 Å². The van der Waals surface area contributed by atoms with E-state index in [1.165, 1.54) is 0 Å². The lowest BCUT2D eigenvalue weighted by molar-refractivity contribution is -0.123. The van der Waals surface area contributed by atoms with E-state index < -0.39 is 6.04 Å². The van der Waals surface area contributed by atoms with Gasteiger partial charge in [0.05, 0.1) is 6.04 Å². The predicted octanol–water partition coefficient (Wildman–Crippen LogP) is 3.64. The Kier molecular flexibility index (Phi) is 5.99. The van der Waals surface area contributed by atoms with Crippen LogP contribution >= 0.6 is 11.6 Å². The molecule has 0 aliphatic rings. The molecule has 4 nitrogen and oxygen atoms in total. The summed E-state index contributed by atoms with van der Waals surface area (Å²) in [6.45, 7) is 5.45. The average Bonchev–Trinajstić information content (AvgIpc) is 2.54. The Bertz CT molecular complexity index is 746. The van der Waals surface area contributed by atoms with Crippen molar-refractivity contribution in [2.24, 2.45) is 0 Å². The fourth-order valence-electron chi connectivity index (χ4n) is 2.33. The third kappa shape index (κ3) is 4.83. The van der Waals surface area contributed by atoms with E-state index in [1.54, 1.807) is 25.1 Å². The monoisotopic (exact) mass is 344 g/mol. The number of aryl methyl sites for hydroxylation is 1. The van der Waals surface area contributed by atoms with Crippen LogP contribution in [0.1, 0.15) is 41.4 Å². The molecule has 0 saturated heterocycles. The number of halogens is 1. The van der Waals surface area contributed by atoms with Crippen molar-refractivity contribution in [3.63, 3.8) is 0 Å². The van der Waals surface area contributed by atoms with Gasteiger partial charge in [0.2, 0.25) is 5.91 Å². The second-order valence-corrected chi connectivity index (χ2v) is 6.29. The minimum Gasteiger partial charge on any atom is -0.348 e. The van der Waals surface area contributed by atoms with E-state index in [1.807, 2.05) is 44.2 Å². The number of benzene rings is 2. The molecule has 0 aliphatic heterocycles. The third-order valence-electron chi connectivity index (χ3n) is 3.73. The van der Waals surface area contributed by atoms with Gasteiger partial charge in [-0.1, -0.05) is 41.4 Å². The fraction of sp³-hybridized carbons (Fsp3) is 0.263. The van der Waals surface area contributed by atoms with Crippen LogP contribution in [-0.2, 0) is 4.79 Å². The molecule has 2 rings (SSSR count). The third-order valence-corrected chi connectivity index (χ3v) is 3.96. The molecule has 24 heavy (non-hydrogen) atoms. The number of carbonyl (C=O) groups is 2. The number of nitrogens with one attached hydrogen (secondary N) is 2. The fourth-order valence-corrected chi connectivity index (χ4v) is 2.53. The predicted molar refractivity (Wildman–Crippen MR) is 96.1 cm³/mol. The number of rotatable bonds is 5. The van der Waals surface area contributed by atoms with Gasteiger partial charge in [0.15, 0.2) is 0 Å². The van der Waals surface area contributed by atoms with Crippen LogP contribution < -0.4 is 10.6 Å². The van der Waals surface area contributed by atoms with Crippen LogP contribution in [0.25, 0.3) is 0 Å². The molecule has 126 valence electrons. The van der Waals surface area contributed by atoms with Gasteiger partial charge in [0.25, 0.3) is 5.91 Å². The van der Waals surface area contributed by atoms with Crippen LogP contribution in [0.15, 0.2) is 48.5 Å². The SMILES string of the molecule is Cc1cccc(C(=O)NC(C)C(=O)NC(C)c2cccc(Cl)c2)c1. The Morgan fingerprint density at radius 3 is 2.38 bits per heavy atom. The maximum absolute atomic E-state index is 12.3. The molecule has 0 saturated carbocycles. The summed E-state index contributed by atoms with van der Waals surface area (Å²) in [6.07, 6.45) is 0. The first-order valence-electron chi connectivity index (χ1n) is 7.80. The van der Waals surface area contributed by atoms with Gasteiger partial charge in [-0.05, 0) is 50.6 Å². The summed E-state index contributed by atoms with van der Waals surface area (Å²) >= 11 is 5.97. The molecule has 2 atom stereocenters. The van der Waals surface area contributed by atoms with Crippen molar-refractivity contribution in [1.29, 1.82) is 0 Å². The van der Waals surface area contributed by atoms with E-state index in [9.17, 15) is 9.59 Å². The second kappa shape index (κ2) is 7.97. The van der Waals surface area contributed by atoms with Gasteiger partial charge in [0, 0.05) is 10.6 Å². The van der Waals surface area contributed by atoms with Crippen LogP contribution in [-0.4, -0.2) is 17.9 Å². The van der Waals surface area contributed by atoms with Gasteiger partial charge in [-0.25, -0.2) is 0 Å². The zero-order chi connectivity index (χ0) is 17.7. The van der Waals surface area contributed by atoms with Crippen molar-refractivity contribution >= 4 is 23.4 Å². The zero-order valence-corrected chi connectivity index (χ0v) is 14.7. The summed E-state index contributed by atoms with van der Waals surface area (Å²) in [6, 6.07) is 13.7. The quantitative estimate of drug-likeness (QED) is 0.870. The Morgan fingerprint density at radius 1 is 1.00 bits per heavy atom. The molecule has 2 unspecified atom stereocenters. The maximum atomic E-state index is 12.3. The van der Waals surface area contributed by atoms with Crippen molar-refractivity contribution in [2.45, 2.75) is 32.9 Å². The van der Waals surface area contributed by atoms with Crippen molar-refractivity contribution in [3.8, 4) is 0 Å². The molecule has 5 heteroatoms. The van der Waals surface area contributed by atoms with Crippen molar-refractivity contribution in [1.82, 2.24) is 10.6 Å². The number of hydrogen-bond donors (Lipinski definition) is 2. The van der Waals surface area contributed by atoms with Crippen molar-refractivity contribution < 1.29 is 9.59 Å². The van der Waals surface area contributed by atoms with Crippen LogP contribution in [0.5, 0.6) is 0 Å². The van der Waals surface area contributed by atoms with Crippen molar-refractivity contribution in [2.75, 3.05) is 0 Å². The molecular formula is C19H21ClN2O2. The van der Waals surface area contributed by atoms with E-state index >= 15 is 0 Å². The minimum atomic E-state index is -0.639. The number of amides is 2. The minimum absolute atomic E-state index is 0.200. The first kappa shape index (κ1) is 18.0. The molecular weight excluding hydrogens is 324 g/mol. The van der Waals surface area contributed by atoms with E-state index in [4.69, 9.17) is 11.6 Å². The molecule has 0 spiro atoms. The highest BCUT2D eigenvalue weighted by molar-refractivity contribution is 6.30. The van der Waals surface area contributed by atoms with E-state index in [0.29, 0.717) is 10.6 Å². The second-order valence-electron chi connectivity index (χ2n) is 5.85. The molecule has 0 aliphatic carbocycles. The molecule has 2 aromatic carbocycles. The highest BCUT2D eigenvalue weighted by Crippen LogP contribution is 2.17. The lowest BCUT2D eigenvalue weighted by Crippen LogP contribution is -2.45. The molecule has 0 fully saturated rings. The first-order valence-corrected chi connectivity index (χ1v) is 8.18. The van der Waals surface area contributed by atoms with Crippen LogP contribution in [0.4, 0.5) is 0 Å². The van der Waals surface area contributed by atoms with Gasteiger partial charge in [-0.15, -0.1) is 0 Å². The molecule has 2 amide bonds. The van der Waals surface area contributed by atoms with Crippen LogP contribution in [0.3, 0.4) is 0 Å². The lowest BCUT2D eigenvalue weighted by atomic mass is 10.1. The highest BCUT2D eigenvalue weighted by atomic mass is 35.5. The van der Waals surface area contributed by atoms with Crippen molar-refractivity contribution in [3.05, 3.63) is 70.2 Å². The van der Waals surface area contributed by atoms with Gasteiger partial charge < -0.3 is 10.6 Å². The highest BCUT2D eigenvalue weighted by Gasteiger charge is 2.19. The molecule has 2 aromatic rings. The topological polar surface area (TPSA) is 58.2 Å². The normalized spacial score (nSPS) is 13.0. The van der Waals surface area contributed by atoms with Gasteiger partial charge in [0.1, 0.15) is 6.04 Å². The Labute approximate surface area is 147 Å². The van der Waals surface area contributed by atoms with E-state index in [2.05, 4.69) is 10.6 Å². The number of carbonyl (C=O) groups excluding carboxylic acids is 2. The smallest absolute Gasteiger partial charge is 0.251 e. The largest absolute Gasteiger partial charge is 0.348 e. The lowest BCUT2D eigenvalue weighted by Gasteiger charge is -2.19. The Hall–Kier alpha value is -2.33. The van der Waals surface area contributed by atoms with Crippen LogP contribution in [0.2, 0.25) is 5.02 Å². The van der Waals surface area contributed by atoms with Gasteiger partial charge >= 0.3 is 0 Å². The molecule has 0 heterocycles. The molecule has 0 aromatic heterocycles. The standard InChI is InChI=1S/C19H21ClN2O2/c1-12-6-4-8-16(10-12)19(24)22-14(3)18(23)21-13(2)15-7-5-9-17(20)11-15/h4-11,13-14H,1-3H3,(H,21,23)(H,22,24). The summed E-state index contributed by atoms with van der Waals surface area (Å²) in [4.78, 5) is 24.5. The molecule has 0 bridgehead atoms. The zero-order valence-electron chi connectivity index (χ0n) is 14.0. The summed E-state index contributed by atoms with van der Waals surface area (Å²) in [5.74, 6) is -0.514. The summed E-state index contributed by atoms with van der Waals surface area (Å²) < 4.78 is 0. The van der Waals surface area contributed by atoms with Crippen LogP contribution in [0, 0.1) is 6.92 Å². The average molecular weight is 345 g/mol. The molecule has 2 N–H and O–H groups in total. The first-order chi connectivity index (χ1) is 11.4. The maximum Gasteiger partial charge on any atom is 0.251 e. The summed E-state index contributed by atoms with van der Waals surface area (Å²) in [5.41, 5.74) is 2.44. The van der Waals surface area contributed by atoms with E-state index in [-0.39, 0.29) is 17.9 Å². The van der Waals surface area contributed by atoms with Gasteiger partial charge in [-0.3, -0.25) is 9.59 Å². The molecule has 0 radical (unpaired) electrons.